The zero-order chi connectivity index (χ0) is 15.9. The highest BCUT2D eigenvalue weighted by molar-refractivity contribution is 6.43. The number of methoxy groups -OCH3 is 1. The number of carboxylic acids is 1. The number of H-pyrrole nitrogens is 1. The number of ether oxygens (including phenoxy) is 1. The second-order valence-electron chi connectivity index (χ2n) is 4.40. The quantitative estimate of drug-likeness (QED) is 0.701. The molecule has 110 valence electrons. The number of aryl methyl sites for hydroxylation is 1. The van der Waals surface area contributed by atoms with Gasteiger partial charge in [-0.25, -0.2) is 14.6 Å². The third kappa shape index (κ3) is 2.10. The Balaban J connectivity index is 2.81. The Hall–Kier alpha value is -2.90. The molecule has 3 N–H and O–H groups in total. The number of aliphatic imine (C=N–C) groups is 1. The molecule has 1 amide bonds. The van der Waals surface area contributed by atoms with Crippen LogP contribution in [-0.4, -0.2) is 45.9 Å². The maximum Gasteiger partial charge on any atom is 0.340 e. The van der Waals surface area contributed by atoms with Crippen LogP contribution in [-0.2, 0) is 14.3 Å². The van der Waals surface area contributed by atoms with E-state index in [2.05, 4.69) is 14.7 Å². The normalized spacial score (nSPS) is 14.4. The minimum atomic E-state index is -1.37. The van der Waals surface area contributed by atoms with Crippen molar-refractivity contribution >= 4 is 29.1 Å². The van der Waals surface area contributed by atoms with Gasteiger partial charge in [0.1, 0.15) is 0 Å². The molecule has 8 heteroatoms. The van der Waals surface area contributed by atoms with Gasteiger partial charge in [-0.2, -0.15) is 0 Å². The highest BCUT2D eigenvalue weighted by atomic mass is 16.5. The molecule has 0 saturated carbocycles. The van der Waals surface area contributed by atoms with Crippen molar-refractivity contribution in [2.45, 2.75) is 13.8 Å². The van der Waals surface area contributed by atoms with Crippen LogP contribution in [0.15, 0.2) is 10.6 Å². The van der Waals surface area contributed by atoms with Gasteiger partial charge in [-0.1, -0.05) is 0 Å². The van der Waals surface area contributed by atoms with E-state index < -0.39 is 23.7 Å². The van der Waals surface area contributed by atoms with Gasteiger partial charge in [0.15, 0.2) is 5.88 Å². The third-order valence-corrected chi connectivity index (χ3v) is 3.12. The van der Waals surface area contributed by atoms with E-state index >= 15 is 0 Å². The van der Waals surface area contributed by atoms with Crippen molar-refractivity contribution in [1.82, 2.24) is 4.98 Å². The summed E-state index contributed by atoms with van der Waals surface area (Å²) < 4.78 is 4.60. The second kappa shape index (κ2) is 4.89. The fourth-order valence-electron chi connectivity index (χ4n) is 2.25. The Kier molecular flexibility index (Phi) is 3.38. The molecule has 0 aliphatic carbocycles. The number of aromatic nitrogens is 1. The van der Waals surface area contributed by atoms with E-state index in [0.29, 0.717) is 0 Å². The number of aromatic hydroxyl groups is 1. The van der Waals surface area contributed by atoms with Gasteiger partial charge in [0.2, 0.25) is 0 Å². The van der Waals surface area contributed by atoms with Crippen LogP contribution in [0.5, 0.6) is 5.88 Å². The van der Waals surface area contributed by atoms with E-state index in [-0.39, 0.29) is 33.7 Å². The maximum atomic E-state index is 11.9. The minimum absolute atomic E-state index is 0.0107. The van der Waals surface area contributed by atoms with E-state index in [1.54, 1.807) is 0 Å². The fraction of sp³-hybridized carbons (Fsp3) is 0.231. The number of aromatic amines is 1. The molecule has 2 heterocycles. The fourth-order valence-corrected chi connectivity index (χ4v) is 2.25. The van der Waals surface area contributed by atoms with Crippen LogP contribution >= 0.6 is 0 Å². The average molecular weight is 292 g/mol. The Bertz CT molecular complexity index is 738. The van der Waals surface area contributed by atoms with Crippen LogP contribution in [0.3, 0.4) is 0 Å². The summed E-state index contributed by atoms with van der Waals surface area (Å²) in [6, 6.07) is 0. The monoisotopic (exact) mass is 292 g/mol. The summed E-state index contributed by atoms with van der Waals surface area (Å²) in [5, 5.41) is 19.1. The maximum absolute atomic E-state index is 11.9. The number of nitrogens with one attached hydrogen (secondary N) is 1. The summed E-state index contributed by atoms with van der Waals surface area (Å²) >= 11 is 0. The van der Waals surface area contributed by atoms with Gasteiger partial charge in [-0.3, -0.25) is 4.79 Å². The van der Waals surface area contributed by atoms with Crippen LogP contribution in [0.4, 0.5) is 0 Å². The number of rotatable bonds is 3. The first-order valence-corrected chi connectivity index (χ1v) is 5.87. The molecule has 0 aromatic carbocycles. The van der Waals surface area contributed by atoms with E-state index in [1.165, 1.54) is 13.8 Å². The van der Waals surface area contributed by atoms with Crippen LogP contribution in [0.25, 0.3) is 5.57 Å². The number of carboxylic acid groups (broad SMARTS) is 1. The molecule has 8 nitrogen and oxygen atoms in total. The third-order valence-electron chi connectivity index (χ3n) is 3.12. The topological polar surface area (TPSA) is 129 Å². The van der Waals surface area contributed by atoms with Crippen LogP contribution in [0.2, 0.25) is 0 Å². The molecule has 0 fully saturated rings. The van der Waals surface area contributed by atoms with Gasteiger partial charge >= 0.3 is 11.9 Å². The lowest BCUT2D eigenvalue weighted by Gasteiger charge is -2.05. The smallest absolute Gasteiger partial charge is 0.340 e. The number of nitrogens with zero attached hydrogens (tertiary/aromatic N) is 1. The number of hydrogen-bond donors (Lipinski definition) is 3. The van der Waals surface area contributed by atoms with Crippen LogP contribution in [0, 0.1) is 6.92 Å². The van der Waals surface area contributed by atoms with Crippen molar-refractivity contribution in [3.8, 4) is 5.88 Å². The lowest BCUT2D eigenvalue weighted by Crippen LogP contribution is -2.11. The van der Waals surface area contributed by atoms with Crippen molar-refractivity contribution in [2.75, 3.05) is 7.11 Å². The number of aliphatic carboxylic acids is 1. The van der Waals surface area contributed by atoms with E-state index in [1.807, 2.05) is 0 Å². The van der Waals surface area contributed by atoms with E-state index in [4.69, 9.17) is 0 Å². The summed E-state index contributed by atoms with van der Waals surface area (Å²) in [5.41, 5.74) is -0.716. The molecule has 0 spiro atoms. The van der Waals surface area contributed by atoms with Crippen molar-refractivity contribution < 1.29 is 29.3 Å². The Morgan fingerprint density at radius 2 is 1.90 bits per heavy atom. The van der Waals surface area contributed by atoms with Crippen molar-refractivity contribution in [3.05, 3.63) is 22.4 Å². The molecule has 1 aromatic heterocycles. The van der Waals surface area contributed by atoms with Gasteiger partial charge in [-0.05, 0) is 13.8 Å². The second-order valence-corrected chi connectivity index (χ2v) is 4.40. The number of esters is 1. The highest BCUT2D eigenvalue weighted by Gasteiger charge is 2.36. The van der Waals surface area contributed by atoms with Gasteiger partial charge in [0, 0.05) is 5.69 Å². The summed E-state index contributed by atoms with van der Waals surface area (Å²) in [6.07, 6.45) is 0. The lowest BCUT2D eigenvalue weighted by atomic mass is 9.97. The molecule has 0 bridgehead atoms. The molecule has 0 atom stereocenters. The van der Waals surface area contributed by atoms with Crippen LogP contribution < -0.4 is 0 Å². The first-order valence-electron chi connectivity index (χ1n) is 5.87. The molecular formula is C13H12N2O6. The predicted octanol–water partition coefficient (Wildman–Crippen LogP) is 0.655. The number of amides is 1. The summed E-state index contributed by atoms with van der Waals surface area (Å²) in [4.78, 5) is 41.1. The first kappa shape index (κ1) is 14.5. The van der Waals surface area contributed by atoms with Crippen LogP contribution in [0.1, 0.15) is 28.5 Å². The average Bonchev–Trinajstić information content (AvgIpc) is 2.84. The Morgan fingerprint density at radius 1 is 1.29 bits per heavy atom. The SMILES string of the molecule is COC(=O)c1c(C)[nH]c(O)c1C1=C(C(=O)O)C(C)=NC1=O. The van der Waals surface area contributed by atoms with Gasteiger partial charge in [-0.15, -0.1) is 0 Å². The van der Waals surface area contributed by atoms with Crippen molar-refractivity contribution in [3.63, 3.8) is 0 Å². The number of hydrogen-bond acceptors (Lipinski definition) is 5. The standard InChI is InChI=1S/C13H12N2O6/c1-4-6(12(18)19)8(10(16)14-4)9-7(13(20)21-3)5(2)15-11(9)17/h15,17H,1-3H3,(H,18,19). The van der Waals surface area contributed by atoms with Crippen molar-refractivity contribution in [2.24, 2.45) is 4.99 Å². The lowest BCUT2D eigenvalue weighted by molar-refractivity contribution is -0.132. The van der Waals surface area contributed by atoms with Gasteiger partial charge in [0.05, 0.1) is 35.1 Å². The first-order chi connectivity index (χ1) is 9.79. The zero-order valence-corrected chi connectivity index (χ0v) is 11.5. The summed E-state index contributed by atoms with van der Waals surface area (Å²) in [7, 11) is 1.14. The molecule has 1 aromatic rings. The van der Waals surface area contributed by atoms with Crippen molar-refractivity contribution in [1.29, 1.82) is 0 Å². The van der Waals surface area contributed by atoms with Gasteiger partial charge in [0.25, 0.3) is 5.91 Å². The number of carbonyl (C=O) groups excluding carboxylic acids is 2. The molecule has 0 radical (unpaired) electrons. The minimum Gasteiger partial charge on any atom is -0.494 e. The molecule has 0 unspecified atom stereocenters. The zero-order valence-electron chi connectivity index (χ0n) is 11.5. The predicted molar refractivity (Wildman–Crippen MR) is 71.2 cm³/mol. The molecule has 0 saturated heterocycles. The largest absolute Gasteiger partial charge is 0.494 e. The Labute approximate surface area is 118 Å². The summed E-state index contributed by atoms with van der Waals surface area (Å²) in [5.74, 6) is -3.48. The van der Waals surface area contributed by atoms with E-state index in [0.717, 1.165) is 7.11 Å². The Morgan fingerprint density at radius 3 is 2.43 bits per heavy atom. The highest BCUT2D eigenvalue weighted by Crippen LogP contribution is 2.36. The molecule has 21 heavy (non-hydrogen) atoms. The van der Waals surface area contributed by atoms with Gasteiger partial charge < -0.3 is 19.9 Å². The van der Waals surface area contributed by atoms with E-state index in [9.17, 15) is 24.6 Å². The molecular weight excluding hydrogens is 280 g/mol. The molecule has 1 aliphatic heterocycles. The summed E-state index contributed by atoms with van der Waals surface area (Å²) in [6.45, 7) is 2.85. The number of carbonyl (C=O) groups is 3. The molecule has 2 rings (SSSR count). The molecule has 1 aliphatic rings.